The number of aromatic nitrogens is 3. The Morgan fingerprint density at radius 1 is 1.25 bits per heavy atom. The van der Waals surface area contributed by atoms with Crippen LogP contribution in [0.3, 0.4) is 0 Å². The van der Waals surface area contributed by atoms with E-state index in [9.17, 15) is 0 Å². The van der Waals surface area contributed by atoms with Crippen LogP contribution in [0.4, 0.5) is 17.6 Å². The summed E-state index contributed by atoms with van der Waals surface area (Å²) in [6.45, 7) is 1.44. The van der Waals surface area contributed by atoms with E-state index in [1.54, 1.807) is 7.05 Å². The molecule has 0 aliphatic carbocycles. The summed E-state index contributed by atoms with van der Waals surface area (Å²) < 4.78 is 5.73. The fourth-order valence-electron chi connectivity index (χ4n) is 2.11. The van der Waals surface area contributed by atoms with E-state index >= 15 is 0 Å². The van der Waals surface area contributed by atoms with Gasteiger partial charge in [-0.3, -0.25) is 0 Å². The van der Waals surface area contributed by atoms with Crippen molar-refractivity contribution in [2.24, 2.45) is 0 Å². The predicted octanol–water partition coefficient (Wildman–Crippen LogP) is 2.49. The molecule has 1 aliphatic heterocycles. The van der Waals surface area contributed by atoms with Gasteiger partial charge in [-0.2, -0.15) is 15.0 Å². The highest BCUT2D eigenvalue weighted by molar-refractivity contribution is 6.28. The van der Waals surface area contributed by atoms with Gasteiger partial charge in [-0.05, 0) is 30.2 Å². The number of rotatable bonds is 2. The molecule has 0 saturated carbocycles. The van der Waals surface area contributed by atoms with Gasteiger partial charge in [-0.25, -0.2) is 0 Å². The molecule has 3 rings (SSSR count). The Hall–Kier alpha value is -2.08. The van der Waals surface area contributed by atoms with Crippen molar-refractivity contribution in [2.75, 3.05) is 30.4 Å². The zero-order valence-corrected chi connectivity index (χ0v) is 11.8. The van der Waals surface area contributed by atoms with Crippen LogP contribution in [-0.4, -0.2) is 35.2 Å². The lowest BCUT2D eigenvalue weighted by Gasteiger charge is -2.21. The first-order chi connectivity index (χ1) is 9.78. The molecule has 2 heterocycles. The van der Waals surface area contributed by atoms with E-state index in [-0.39, 0.29) is 5.28 Å². The molecule has 20 heavy (non-hydrogen) atoms. The summed E-state index contributed by atoms with van der Waals surface area (Å²) in [6, 6.07) is 7.83. The average Bonchev–Trinajstić information content (AvgIpc) is 2.69. The normalized spacial score (nSPS) is 14.2. The van der Waals surface area contributed by atoms with Gasteiger partial charge in [0.25, 0.3) is 0 Å². The number of fused-ring (bicyclic) bond motifs is 1. The molecule has 1 aliphatic rings. The second-order valence-corrected chi connectivity index (χ2v) is 4.64. The summed E-state index contributed by atoms with van der Waals surface area (Å²) in [7, 11) is 1.74. The monoisotopic (exact) mass is 291 g/mol. The van der Waals surface area contributed by atoms with Crippen molar-refractivity contribution in [1.29, 1.82) is 0 Å². The van der Waals surface area contributed by atoms with Crippen LogP contribution in [0.25, 0.3) is 0 Å². The van der Waals surface area contributed by atoms with E-state index in [2.05, 4.69) is 20.3 Å². The highest BCUT2D eigenvalue weighted by Gasteiger charge is 2.20. The zero-order valence-electron chi connectivity index (χ0n) is 11.0. The van der Waals surface area contributed by atoms with Crippen molar-refractivity contribution >= 4 is 29.2 Å². The second kappa shape index (κ2) is 5.50. The van der Waals surface area contributed by atoms with Gasteiger partial charge >= 0.3 is 0 Å². The summed E-state index contributed by atoms with van der Waals surface area (Å²) in [6.07, 6.45) is 0.882. The molecular formula is C13H14ClN5O. The molecule has 0 amide bonds. The molecule has 1 aromatic heterocycles. The van der Waals surface area contributed by atoms with Crippen LogP contribution < -0.4 is 15.0 Å². The van der Waals surface area contributed by atoms with Crippen LogP contribution >= 0.6 is 11.6 Å². The number of ether oxygens (including phenoxy) is 1. The Kier molecular flexibility index (Phi) is 3.56. The Bertz CT molecular complexity index is 621. The van der Waals surface area contributed by atoms with Gasteiger partial charge < -0.3 is 15.0 Å². The van der Waals surface area contributed by atoms with Gasteiger partial charge in [0.05, 0.1) is 12.3 Å². The molecule has 6 nitrogen and oxygen atoms in total. The Labute approximate surface area is 121 Å². The summed E-state index contributed by atoms with van der Waals surface area (Å²) in [4.78, 5) is 14.6. The van der Waals surface area contributed by atoms with Crippen molar-refractivity contribution in [1.82, 2.24) is 15.0 Å². The third-order valence-corrected chi connectivity index (χ3v) is 3.17. The molecule has 104 valence electrons. The molecule has 1 N–H and O–H groups in total. The Balaban J connectivity index is 2.07. The largest absolute Gasteiger partial charge is 0.491 e. The SMILES string of the molecule is CNc1nc(Cl)nc(N2CCCOc3ccccc32)n1. The third kappa shape index (κ3) is 2.46. The van der Waals surface area contributed by atoms with Gasteiger partial charge in [0.15, 0.2) is 0 Å². The fourth-order valence-corrected chi connectivity index (χ4v) is 2.26. The topological polar surface area (TPSA) is 63.2 Å². The molecule has 7 heteroatoms. The minimum Gasteiger partial charge on any atom is -0.491 e. The maximum Gasteiger partial charge on any atom is 0.236 e. The first-order valence-electron chi connectivity index (χ1n) is 6.36. The van der Waals surface area contributed by atoms with Gasteiger partial charge in [0.1, 0.15) is 5.75 Å². The van der Waals surface area contributed by atoms with Gasteiger partial charge in [-0.1, -0.05) is 12.1 Å². The smallest absolute Gasteiger partial charge is 0.236 e. The lowest BCUT2D eigenvalue weighted by atomic mass is 10.2. The number of hydrogen-bond acceptors (Lipinski definition) is 6. The van der Waals surface area contributed by atoms with Gasteiger partial charge in [0.2, 0.25) is 17.2 Å². The summed E-state index contributed by atoms with van der Waals surface area (Å²) in [5.41, 5.74) is 0.939. The maximum absolute atomic E-state index is 5.96. The first kappa shape index (κ1) is 12.9. The number of hydrogen-bond donors (Lipinski definition) is 1. The van der Waals surface area contributed by atoms with E-state index in [0.717, 1.165) is 24.4 Å². The lowest BCUT2D eigenvalue weighted by Crippen LogP contribution is -2.21. The summed E-state index contributed by atoms with van der Waals surface area (Å²) in [5.74, 6) is 1.79. The van der Waals surface area contributed by atoms with Crippen LogP contribution in [0.5, 0.6) is 5.75 Å². The average molecular weight is 292 g/mol. The number of nitrogens with one attached hydrogen (secondary N) is 1. The van der Waals surface area contributed by atoms with E-state index < -0.39 is 0 Å². The first-order valence-corrected chi connectivity index (χ1v) is 6.74. The second-order valence-electron chi connectivity index (χ2n) is 4.30. The van der Waals surface area contributed by atoms with E-state index in [1.165, 1.54) is 0 Å². The minimum absolute atomic E-state index is 0.169. The Morgan fingerprint density at radius 2 is 2.10 bits per heavy atom. The fraction of sp³-hybridized carbons (Fsp3) is 0.308. The number of halogens is 1. The van der Waals surface area contributed by atoms with Crippen LogP contribution in [0.15, 0.2) is 24.3 Å². The van der Waals surface area contributed by atoms with Crippen LogP contribution in [0.2, 0.25) is 5.28 Å². The number of anilines is 3. The molecule has 0 saturated heterocycles. The molecule has 0 radical (unpaired) electrons. The molecule has 1 aromatic carbocycles. The van der Waals surface area contributed by atoms with Crippen LogP contribution in [0.1, 0.15) is 6.42 Å². The summed E-state index contributed by atoms with van der Waals surface area (Å²) >= 11 is 5.96. The van der Waals surface area contributed by atoms with Crippen molar-refractivity contribution in [2.45, 2.75) is 6.42 Å². The molecule has 0 spiro atoms. The van der Waals surface area contributed by atoms with Gasteiger partial charge in [-0.15, -0.1) is 0 Å². The third-order valence-electron chi connectivity index (χ3n) is 3.00. The van der Waals surface area contributed by atoms with Crippen LogP contribution in [0, 0.1) is 0 Å². The predicted molar refractivity (Wildman–Crippen MR) is 77.9 cm³/mol. The quantitative estimate of drug-likeness (QED) is 0.917. The highest BCUT2D eigenvalue weighted by Crippen LogP contribution is 2.34. The van der Waals surface area contributed by atoms with Crippen LogP contribution in [-0.2, 0) is 0 Å². The summed E-state index contributed by atoms with van der Waals surface area (Å²) in [5, 5.41) is 3.05. The minimum atomic E-state index is 0.169. The van der Waals surface area contributed by atoms with Crippen molar-refractivity contribution in [3.63, 3.8) is 0 Å². The molecule has 2 aromatic rings. The lowest BCUT2D eigenvalue weighted by molar-refractivity contribution is 0.322. The number of benzene rings is 1. The van der Waals surface area contributed by atoms with Crippen molar-refractivity contribution in [3.05, 3.63) is 29.5 Å². The molecular weight excluding hydrogens is 278 g/mol. The maximum atomic E-state index is 5.96. The molecule has 0 bridgehead atoms. The van der Waals surface area contributed by atoms with Crippen molar-refractivity contribution < 1.29 is 4.74 Å². The zero-order chi connectivity index (χ0) is 13.9. The standard InChI is InChI=1S/C13H14ClN5O/c1-15-12-16-11(14)17-13(18-12)19-7-4-8-20-10-6-3-2-5-9(10)19/h2-3,5-6H,4,7-8H2,1H3,(H,15,16,17,18). The van der Waals surface area contributed by atoms with Crippen molar-refractivity contribution in [3.8, 4) is 5.75 Å². The van der Waals surface area contributed by atoms with E-state index in [4.69, 9.17) is 16.3 Å². The Morgan fingerprint density at radius 3 is 2.95 bits per heavy atom. The molecule has 0 unspecified atom stereocenters. The van der Waals surface area contributed by atoms with Gasteiger partial charge in [0, 0.05) is 13.6 Å². The number of para-hydroxylation sites is 2. The highest BCUT2D eigenvalue weighted by atomic mass is 35.5. The molecule has 0 atom stereocenters. The molecule has 0 fully saturated rings. The number of nitrogens with zero attached hydrogens (tertiary/aromatic N) is 4. The van der Waals surface area contributed by atoms with E-state index in [1.807, 2.05) is 29.2 Å². The van der Waals surface area contributed by atoms with E-state index in [0.29, 0.717) is 18.5 Å².